The van der Waals surface area contributed by atoms with Gasteiger partial charge in [-0.05, 0) is 19.8 Å². The van der Waals surface area contributed by atoms with Gasteiger partial charge < -0.3 is 14.6 Å². The van der Waals surface area contributed by atoms with Crippen molar-refractivity contribution in [3.8, 4) is 0 Å². The van der Waals surface area contributed by atoms with Gasteiger partial charge in [0.25, 0.3) is 0 Å². The Morgan fingerprint density at radius 2 is 1.29 bits per heavy atom. The van der Waals surface area contributed by atoms with Gasteiger partial charge >= 0.3 is 5.97 Å². The van der Waals surface area contributed by atoms with E-state index in [2.05, 4.69) is 20.4 Å². The van der Waals surface area contributed by atoms with E-state index >= 15 is 0 Å². The molecule has 0 bridgehead atoms. The van der Waals surface area contributed by atoms with E-state index in [4.69, 9.17) is 9.47 Å². The van der Waals surface area contributed by atoms with Gasteiger partial charge in [-0.2, -0.15) is 0 Å². The van der Waals surface area contributed by atoms with Gasteiger partial charge in [0.1, 0.15) is 12.2 Å². The van der Waals surface area contributed by atoms with Crippen molar-refractivity contribution in [1.82, 2.24) is 0 Å². The van der Waals surface area contributed by atoms with Crippen LogP contribution in [0.4, 0.5) is 0 Å². The molecule has 3 unspecified atom stereocenters. The van der Waals surface area contributed by atoms with Gasteiger partial charge in [0.15, 0.2) is 0 Å². The first-order valence-electron chi connectivity index (χ1n) is 13.2. The molecular formula is C27H52O4. The molecule has 0 aliphatic carbocycles. The zero-order chi connectivity index (χ0) is 23.2. The molecule has 0 heterocycles. The molecule has 0 saturated heterocycles. The summed E-state index contributed by atoms with van der Waals surface area (Å²) >= 11 is 0. The number of aliphatic hydroxyl groups is 1. The van der Waals surface area contributed by atoms with Crippen LogP contribution in [0.1, 0.15) is 130 Å². The van der Waals surface area contributed by atoms with Crippen LogP contribution in [-0.4, -0.2) is 36.0 Å². The molecule has 0 amide bonds. The molecule has 0 rings (SSSR count). The predicted octanol–water partition coefficient (Wildman–Crippen LogP) is 7.52. The van der Waals surface area contributed by atoms with Crippen LogP contribution in [-0.2, 0) is 14.3 Å². The van der Waals surface area contributed by atoms with Crippen molar-refractivity contribution in [1.29, 1.82) is 0 Å². The Bertz CT molecular complexity index is 410. The number of ether oxygens (including phenoxy) is 2. The molecule has 0 radical (unpaired) electrons. The van der Waals surface area contributed by atoms with Crippen LogP contribution in [0.5, 0.6) is 0 Å². The lowest BCUT2D eigenvalue weighted by Gasteiger charge is -2.22. The molecule has 1 N–H and O–H groups in total. The largest absolute Gasteiger partial charge is 0.457 e. The summed E-state index contributed by atoms with van der Waals surface area (Å²) in [5, 5.41) is 10.1. The third-order valence-corrected chi connectivity index (χ3v) is 6.10. The summed E-state index contributed by atoms with van der Waals surface area (Å²) < 4.78 is 10.9. The minimum atomic E-state index is -0.806. The molecule has 0 spiro atoms. The summed E-state index contributed by atoms with van der Waals surface area (Å²) in [6.45, 7) is 9.62. The van der Waals surface area contributed by atoms with E-state index in [1.807, 2.05) is 0 Å². The average molecular weight is 441 g/mol. The summed E-state index contributed by atoms with van der Waals surface area (Å²) in [7, 11) is 0. The molecule has 0 fully saturated rings. The van der Waals surface area contributed by atoms with Crippen molar-refractivity contribution < 1.29 is 19.4 Å². The lowest BCUT2D eigenvalue weighted by Crippen LogP contribution is -2.33. The van der Waals surface area contributed by atoms with Crippen LogP contribution in [0.3, 0.4) is 0 Å². The molecule has 0 aromatic rings. The van der Waals surface area contributed by atoms with Crippen molar-refractivity contribution in [3.63, 3.8) is 0 Å². The van der Waals surface area contributed by atoms with E-state index < -0.39 is 18.2 Å². The van der Waals surface area contributed by atoms with Crippen LogP contribution in [0.15, 0.2) is 12.7 Å². The van der Waals surface area contributed by atoms with Gasteiger partial charge in [-0.25, -0.2) is 4.79 Å². The maximum Gasteiger partial charge on any atom is 0.330 e. The Morgan fingerprint density at radius 3 is 1.71 bits per heavy atom. The molecule has 3 atom stereocenters. The number of unbranched alkanes of at least 4 members (excludes halogenated alkanes) is 14. The number of hydrogen-bond acceptors (Lipinski definition) is 4. The summed E-state index contributed by atoms with van der Waals surface area (Å²) in [5.74, 6) is -0.517. The van der Waals surface area contributed by atoms with E-state index in [0.717, 1.165) is 18.9 Å². The molecule has 0 aliphatic heterocycles. The zero-order valence-corrected chi connectivity index (χ0v) is 20.9. The van der Waals surface area contributed by atoms with E-state index in [-0.39, 0.29) is 12.7 Å². The fourth-order valence-electron chi connectivity index (χ4n) is 3.83. The lowest BCUT2D eigenvalue weighted by atomic mass is 10.0. The smallest absolute Gasteiger partial charge is 0.330 e. The fraction of sp³-hybridized carbons (Fsp3) is 0.889. The summed E-state index contributed by atoms with van der Waals surface area (Å²) in [5.41, 5.74) is 0. The lowest BCUT2D eigenvalue weighted by molar-refractivity contribution is -0.150. The standard InChI is InChI=1S/C27H52O4/c1-5-8-9-10-11-12-13-14-15-16-17-18-19-20-21-22-25(6-2)30-23-26(28)24(4)31-27(29)7-3/h7,24-26,28H,3,5-6,8-23H2,1-2,4H3. The highest BCUT2D eigenvalue weighted by atomic mass is 16.6. The predicted molar refractivity (Wildman–Crippen MR) is 131 cm³/mol. The minimum Gasteiger partial charge on any atom is -0.457 e. The van der Waals surface area contributed by atoms with E-state index in [0.29, 0.717) is 0 Å². The Kier molecular flexibility index (Phi) is 21.7. The third-order valence-electron chi connectivity index (χ3n) is 6.10. The average Bonchev–Trinajstić information content (AvgIpc) is 2.77. The van der Waals surface area contributed by atoms with Gasteiger partial charge in [-0.1, -0.05) is 117 Å². The first-order valence-corrected chi connectivity index (χ1v) is 13.2. The second-order valence-corrected chi connectivity index (χ2v) is 9.02. The van der Waals surface area contributed by atoms with Crippen LogP contribution in [0, 0.1) is 0 Å². The number of carbonyl (C=O) groups excluding carboxylic acids is 1. The number of aliphatic hydroxyl groups excluding tert-OH is 1. The van der Waals surface area contributed by atoms with Gasteiger partial charge in [-0.15, -0.1) is 0 Å². The SMILES string of the molecule is C=CC(=O)OC(C)C(O)COC(CC)CCCCCCCCCCCCCCCCC. The van der Waals surface area contributed by atoms with E-state index in [1.54, 1.807) is 6.92 Å². The number of esters is 1. The fourth-order valence-corrected chi connectivity index (χ4v) is 3.83. The first kappa shape index (κ1) is 30.1. The molecular weight excluding hydrogens is 388 g/mol. The number of hydrogen-bond donors (Lipinski definition) is 1. The molecule has 0 aromatic carbocycles. The van der Waals surface area contributed by atoms with Crippen molar-refractivity contribution in [3.05, 3.63) is 12.7 Å². The number of rotatable bonds is 23. The highest BCUT2D eigenvalue weighted by Gasteiger charge is 2.19. The topological polar surface area (TPSA) is 55.8 Å². The first-order chi connectivity index (χ1) is 15.0. The molecule has 31 heavy (non-hydrogen) atoms. The van der Waals surface area contributed by atoms with Crippen LogP contribution < -0.4 is 0 Å². The second-order valence-electron chi connectivity index (χ2n) is 9.02. The van der Waals surface area contributed by atoms with Crippen molar-refractivity contribution >= 4 is 5.97 Å². The van der Waals surface area contributed by atoms with Crippen LogP contribution in [0.2, 0.25) is 0 Å². The van der Waals surface area contributed by atoms with Crippen molar-refractivity contribution in [2.24, 2.45) is 0 Å². The Labute approximate surface area is 193 Å². The van der Waals surface area contributed by atoms with E-state index in [1.165, 1.54) is 96.3 Å². The van der Waals surface area contributed by atoms with Crippen molar-refractivity contribution in [2.45, 2.75) is 148 Å². The molecule has 0 aliphatic rings. The van der Waals surface area contributed by atoms with Gasteiger partial charge in [-0.3, -0.25) is 0 Å². The maximum absolute atomic E-state index is 11.2. The normalized spacial score (nSPS) is 14.2. The summed E-state index contributed by atoms with van der Waals surface area (Å²) in [4.78, 5) is 11.2. The van der Waals surface area contributed by atoms with E-state index in [9.17, 15) is 9.90 Å². The minimum absolute atomic E-state index is 0.166. The quantitative estimate of drug-likeness (QED) is 0.101. The van der Waals surface area contributed by atoms with Gasteiger partial charge in [0, 0.05) is 6.08 Å². The number of carbonyl (C=O) groups is 1. The molecule has 184 valence electrons. The van der Waals surface area contributed by atoms with Crippen LogP contribution in [0.25, 0.3) is 0 Å². The maximum atomic E-state index is 11.2. The Hall–Kier alpha value is -0.870. The Balaban J connectivity index is 3.51. The molecule has 0 aromatic heterocycles. The van der Waals surface area contributed by atoms with Crippen LogP contribution >= 0.6 is 0 Å². The molecule has 4 heteroatoms. The monoisotopic (exact) mass is 440 g/mol. The molecule has 0 saturated carbocycles. The zero-order valence-electron chi connectivity index (χ0n) is 20.9. The Morgan fingerprint density at radius 1 is 0.839 bits per heavy atom. The highest BCUT2D eigenvalue weighted by Crippen LogP contribution is 2.16. The summed E-state index contributed by atoms with van der Waals surface area (Å²) in [6, 6.07) is 0. The summed E-state index contributed by atoms with van der Waals surface area (Å²) in [6.07, 6.45) is 22.4. The van der Waals surface area contributed by atoms with Crippen molar-refractivity contribution in [2.75, 3.05) is 6.61 Å². The highest BCUT2D eigenvalue weighted by molar-refractivity contribution is 5.81. The van der Waals surface area contributed by atoms with Gasteiger partial charge in [0.2, 0.25) is 0 Å². The molecule has 4 nitrogen and oxygen atoms in total. The van der Waals surface area contributed by atoms with Gasteiger partial charge in [0.05, 0.1) is 12.7 Å². The third kappa shape index (κ3) is 19.5. The second kappa shape index (κ2) is 22.3.